The van der Waals surface area contributed by atoms with E-state index < -0.39 is 0 Å². The molecule has 0 aromatic heterocycles. The fraction of sp³-hybridized carbons (Fsp3) is 0.462. The zero-order valence-electron chi connectivity index (χ0n) is 11.1. The molecule has 1 aromatic carbocycles. The lowest BCUT2D eigenvalue weighted by Gasteiger charge is -2.20. The van der Waals surface area contributed by atoms with Crippen LogP contribution in [0.2, 0.25) is 0 Å². The number of methoxy groups -OCH3 is 1. The lowest BCUT2D eigenvalue weighted by molar-refractivity contribution is 0.283. The van der Waals surface area contributed by atoms with Gasteiger partial charge in [-0.05, 0) is 43.4 Å². The van der Waals surface area contributed by atoms with E-state index in [9.17, 15) is 0 Å². The molecule has 1 rings (SSSR count). The number of likely N-dealkylation sites (N-methyl/N-ethyl adjacent to an activating group) is 1. The molecule has 0 unspecified atom stereocenters. The maximum absolute atomic E-state index is 5.62. The average molecular weight is 268 g/mol. The van der Waals surface area contributed by atoms with E-state index >= 15 is 0 Å². The van der Waals surface area contributed by atoms with E-state index in [4.69, 9.17) is 21.7 Å². The van der Waals surface area contributed by atoms with Crippen molar-refractivity contribution in [1.29, 1.82) is 0 Å². The van der Waals surface area contributed by atoms with Gasteiger partial charge in [-0.2, -0.15) is 0 Å². The molecule has 1 N–H and O–H groups in total. The molecule has 0 saturated carbocycles. The molecule has 0 heterocycles. The molecule has 0 aliphatic carbocycles. The van der Waals surface area contributed by atoms with E-state index in [1.165, 1.54) is 0 Å². The van der Waals surface area contributed by atoms with E-state index in [-0.39, 0.29) is 0 Å². The molecule has 0 radical (unpaired) electrons. The van der Waals surface area contributed by atoms with Gasteiger partial charge >= 0.3 is 0 Å². The van der Waals surface area contributed by atoms with Gasteiger partial charge in [0.25, 0.3) is 0 Å². The summed E-state index contributed by atoms with van der Waals surface area (Å²) in [5.74, 6) is 1.66. The first kappa shape index (κ1) is 14.6. The highest BCUT2D eigenvalue weighted by molar-refractivity contribution is 7.80. The molecular weight excluding hydrogens is 248 g/mol. The van der Waals surface area contributed by atoms with Gasteiger partial charge < -0.3 is 19.7 Å². The van der Waals surface area contributed by atoms with Crippen LogP contribution >= 0.6 is 12.2 Å². The summed E-state index contributed by atoms with van der Waals surface area (Å²) in [5.41, 5.74) is 0. The SMILES string of the molecule is CCNC(=S)N(C)CCOc1ccc(OC)cc1. The van der Waals surface area contributed by atoms with Gasteiger partial charge in [-0.25, -0.2) is 0 Å². The topological polar surface area (TPSA) is 33.7 Å². The summed E-state index contributed by atoms with van der Waals surface area (Å²) in [5, 5.41) is 3.84. The van der Waals surface area contributed by atoms with Crippen molar-refractivity contribution in [2.45, 2.75) is 6.92 Å². The first-order chi connectivity index (χ1) is 8.67. The van der Waals surface area contributed by atoms with Gasteiger partial charge in [0.15, 0.2) is 5.11 Å². The van der Waals surface area contributed by atoms with Gasteiger partial charge in [-0.15, -0.1) is 0 Å². The van der Waals surface area contributed by atoms with Crippen LogP contribution in [0.5, 0.6) is 11.5 Å². The number of thiocarbonyl (C=S) groups is 1. The molecule has 0 saturated heterocycles. The number of rotatable bonds is 6. The Morgan fingerprint density at radius 2 is 1.89 bits per heavy atom. The summed E-state index contributed by atoms with van der Waals surface area (Å²) in [6, 6.07) is 7.54. The molecule has 0 fully saturated rings. The quantitative estimate of drug-likeness (QED) is 0.797. The third kappa shape index (κ3) is 4.79. The van der Waals surface area contributed by atoms with Crippen LogP contribution in [0.25, 0.3) is 0 Å². The number of nitrogens with one attached hydrogen (secondary N) is 1. The third-order valence-corrected chi connectivity index (χ3v) is 2.89. The Kier molecular flexibility index (Phi) is 6.28. The van der Waals surface area contributed by atoms with Crippen molar-refractivity contribution in [2.24, 2.45) is 0 Å². The van der Waals surface area contributed by atoms with Crippen LogP contribution in [-0.4, -0.2) is 43.9 Å². The predicted molar refractivity (Wildman–Crippen MR) is 77.4 cm³/mol. The second kappa shape index (κ2) is 7.76. The van der Waals surface area contributed by atoms with Crippen LogP contribution in [0.1, 0.15) is 6.92 Å². The Labute approximate surface area is 114 Å². The highest BCUT2D eigenvalue weighted by Crippen LogP contribution is 2.16. The van der Waals surface area contributed by atoms with Crippen molar-refractivity contribution < 1.29 is 9.47 Å². The first-order valence-electron chi connectivity index (χ1n) is 5.93. The summed E-state index contributed by atoms with van der Waals surface area (Å²) in [6.45, 7) is 4.20. The Hall–Kier alpha value is -1.49. The molecule has 0 aliphatic heterocycles. The van der Waals surface area contributed by atoms with Gasteiger partial charge in [-0.1, -0.05) is 0 Å². The first-order valence-corrected chi connectivity index (χ1v) is 6.34. The molecule has 1 aromatic rings. The summed E-state index contributed by atoms with van der Waals surface area (Å²) in [7, 11) is 3.59. The van der Waals surface area contributed by atoms with E-state index in [1.54, 1.807) is 7.11 Å². The minimum absolute atomic E-state index is 0.592. The lowest BCUT2D eigenvalue weighted by atomic mass is 10.3. The van der Waals surface area contributed by atoms with Gasteiger partial charge in [0.1, 0.15) is 18.1 Å². The van der Waals surface area contributed by atoms with Crippen LogP contribution < -0.4 is 14.8 Å². The van der Waals surface area contributed by atoms with Crippen molar-refractivity contribution in [1.82, 2.24) is 10.2 Å². The van der Waals surface area contributed by atoms with E-state index in [2.05, 4.69) is 5.32 Å². The number of benzene rings is 1. The van der Waals surface area contributed by atoms with Gasteiger partial charge in [0, 0.05) is 13.6 Å². The van der Waals surface area contributed by atoms with Crippen LogP contribution in [-0.2, 0) is 0 Å². The second-order valence-corrected chi connectivity index (χ2v) is 4.17. The normalized spacial score (nSPS) is 9.72. The summed E-state index contributed by atoms with van der Waals surface area (Å²) < 4.78 is 10.7. The predicted octanol–water partition coefficient (Wildman–Crippen LogP) is 1.90. The maximum atomic E-state index is 5.62. The van der Waals surface area contributed by atoms with Crippen LogP contribution in [0.15, 0.2) is 24.3 Å². The highest BCUT2D eigenvalue weighted by Gasteiger charge is 2.02. The van der Waals surface area contributed by atoms with Crippen molar-refractivity contribution in [3.63, 3.8) is 0 Å². The van der Waals surface area contributed by atoms with Crippen molar-refractivity contribution in [2.75, 3.05) is 33.9 Å². The zero-order chi connectivity index (χ0) is 13.4. The van der Waals surface area contributed by atoms with E-state index in [1.807, 2.05) is 43.1 Å². The molecule has 0 amide bonds. The fourth-order valence-corrected chi connectivity index (χ4v) is 1.60. The lowest BCUT2D eigenvalue weighted by Crippen LogP contribution is -2.38. The van der Waals surface area contributed by atoms with Gasteiger partial charge in [-0.3, -0.25) is 0 Å². The monoisotopic (exact) mass is 268 g/mol. The number of hydrogen-bond donors (Lipinski definition) is 1. The molecule has 5 heteroatoms. The van der Waals surface area contributed by atoms with E-state index in [0.29, 0.717) is 6.61 Å². The molecule has 18 heavy (non-hydrogen) atoms. The minimum atomic E-state index is 0.592. The molecular formula is C13H20N2O2S. The minimum Gasteiger partial charge on any atom is -0.497 e. The molecule has 0 aliphatic rings. The summed E-state index contributed by atoms with van der Waals surface area (Å²) in [6.07, 6.45) is 0. The Balaban J connectivity index is 2.30. The molecule has 0 atom stereocenters. The smallest absolute Gasteiger partial charge is 0.168 e. The third-order valence-electron chi connectivity index (χ3n) is 2.43. The van der Waals surface area contributed by atoms with Crippen molar-refractivity contribution in [3.8, 4) is 11.5 Å². The standard InChI is InChI=1S/C13H20N2O2S/c1-4-14-13(18)15(2)9-10-17-12-7-5-11(16-3)6-8-12/h5-8H,4,9-10H2,1-3H3,(H,14,18). The van der Waals surface area contributed by atoms with Gasteiger partial charge in [0.05, 0.1) is 13.7 Å². The Bertz CT molecular complexity index is 368. The highest BCUT2D eigenvalue weighted by atomic mass is 32.1. The zero-order valence-corrected chi connectivity index (χ0v) is 11.9. The second-order valence-electron chi connectivity index (χ2n) is 3.78. The molecule has 100 valence electrons. The van der Waals surface area contributed by atoms with Crippen LogP contribution in [0.3, 0.4) is 0 Å². The molecule has 0 spiro atoms. The Morgan fingerprint density at radius 1 is 1.28 bits per heavy atom. The summed E-state index contributed by atoms with van der Waals surface area (Å²) in [4.78, 5) is 1.96. The average Bonchev–Trinajstić information content (AvgIpc) is 2.39. The van der Waals surface area contributed by atoms with Gasteiger partial charge in [0.2, 0.25) is 0 Å². The molecule has 0 bridgehead atoms. The maximum Gasteiger partial charge on any atom is 0.168 e. The number of hydrogen-bond acceptors (Lipinski definition) is 3. The largest absolute Gasteiger partial charge is 0.497 e. The fourth-order valence-electron chi connectivity index (χ4n) is 1.36. The Morgan fingerprint density at radius 3 is 2.44 bits per heavy atom. The van der Waals surface area contributed by atoms with Crippen molar-refractivity contribution >= 4 is 17.3 Å². The van der Waals surface area contributed by atoms with Crippen LogP contribution in [0.4, 0.5) is 0 Å². The number of ether oxygens (including phenoxy) is 2. The van der Waals surface area contributed by atoms with Crippen molar-refractivity contribution in [3.05, 3.63) is 24.3 Å². The van der Waals surface area contributed by atoms with E-state index in [0.717, 1.165) is 29.7 Å². The molecule has 4 nitrogen and oxygen atoms in total. The number of nitrogens with zero attached hydrogens (tertiary/aromatic N) is 1. The summed E-state index contributed by atoms with van der Waals surface area (Å²) >= 11 is 5.18. The van der Waals surface area contributed by atoms with Crippen LogP contribution in [0, 0.1) is 0 Å².